The van der Waals surface area contributed by atoms with Gasteiger partial charge in [-0.05, 0) is 42.8 Å². The topological polar surface area (TPSA) is 78.4 Å². The molecular weight excluding hydrogens is 275 g/mol. The average Bonchev–Trinajstić information content (AvgIpc) is 2.42. The standard InChI is InChI=1S/C15H13FN2O3/c1-9-5-6-13(12(16)7-9)18-15(21)17-11-4-2-3-10(8-11)14(19)20/h2-8H,1H3,(H,19,20)(H2,17,18,21). The number of urea groups is 1. The minimum Gasteiger partial charge on any atom is -0.478 e. The lowest BCUT2D eigenvalue weighted by Gasteiger charge is -2.09. The average molecular weight is 288 g/mol. The molecule has 0 spiro atoms. The first-order chi connectivity index (χ1) is 9.95. The first-order valence-electron chi connectivity index (χ1n) is 6.13. The number of anilines is 2. The first-order valence-corrected chi connectivity index (χ1v) is 6.13. The summed E-state index contributed by atoms with van der Waals surface area (Å²) in [6, 6.07) is 9.55. The Labute approximate surface area is 120 Å². The Hall–Kier alpha value is -2.89. The summed E-state index contributed by atoms with van der Waals surface area (Å²) in [7, 11) is 0. The van der Waals surface area contributed by atoms with E-state index in [1.807, 2.05) is 0 Å². The van der Waals surface area contributed by atoms with Gasteiger partial charge in [0.15, 0.2) is 0 Å². The van der Waals surface area contributed by atoms with Crippen LogP contribution in [0.2, 0.25) is 0 Å². The Morgan fingerprint density at radius 1 is 1.10 bits per heavy atom. The number of carbonyl (C=O) groups is 2. The molecular formula is C15H13FN2O3. The van der Waals surface area contributed by atoms with E-state index in [2.05, 4.69) is 10.6 Å². The molecule has 6 heteroatoms. The summed E-state index contributed by atoms with van der Waals surface area (Å²) in [5.41, 5.74) is 1.15. The molecule has 0 aliphatic heterocycles. The molecule has 0 atom stereocenters. The van der Waals surface area contributed by atoms with E-state index < -0.39 is 17.8 Å². The summed E-state index contributed by atoms with van der Waals surface area (Å²) < 4.78 is 13.6. The summed E-state index contributed by atoms with van der Waals surface area (Å²) in [6.45, 7) is 1.74. The van der Waals surface area contributed by atoms with Crippen molar-refractivity contribution < 1.29 is 19.1 Å². The highest BCUT2D eigenvalue weighted by Crippen LogP contribution is 2.16. The molecule has 3 N–H and O–H groups in total. The fourth-order valence-corrected chi connectivity index (χ4v) is 1.74. The van der Waals surface area contributed by atoms with Crippen LogP contribution in [-0.2, 0) is 0 Å². The normalized spacial score (nSPS) is 10.0. The van der Waals surface area contributed by atoms with Crippen LogP contribution >= 0.6 is 0 Å². The lowest BCUT2D eigenvalue weighted by atomic mass is 10.2. The fourth-order valence-electron chi connectivity index (χ4n) is 1.74. The first kappa shape index (κ1) is 14.5. The Balaban J connectivity index is 2.08. The molecule has 0 aromatic heterocycles. The number of hydrogen-bond donors (Lipinski definition) is 3. The summed E-state index contributed by atoms with van der Waals surface area (Å²) >= 11 is 0. The van der Waals surface area contributed by atoms with Gasteiger partial charge in [-0.25, -0.2) is 14.0 Å². The zero-order valence-corrected chi connectivity index (χ0v) is 11.2. The van der Waals surface area contributed by atoms with Crippen LogP contribution in [-0.4, -0.2) is 17.1 Å². The molecule has 0 radical (unpaired) electrons. The minimum atomic E-state index is -1.09. The number of carbonyl (C=O) groups excluding carboxylic acids is 1. The van der Waals surface area contributed by atoms with Gasteiger partial charge in [-0.3, -0.25) is 0 Å². The van der Waals surface area contributed by atoms with Crippen molar-refractivity contribution in [2.24, 2.45) is 0 Å². The number of amides is 2. The second-order valence-corrected chi connectivity index (χ2v) is 4.45. The Morgan fingerprint density at radius 3 is 2.52 bits per heavy atom. The number of halogens is 1. The molecule has 0 bridgehead atoms. The number of hydrogen-bond acceptors (Lipinski definition) is 2. The van der Waals surface area contributed by atoms with Gasteiger partial charge in [0.05, 0.1) is 11.3 Å². The van der Waals surface area contributed by atoms with Crippen molar-refractivity contribution in [3.05, 3.63) is 59.4 Å². The van der Waals surface area contributed by atoms with Crippen molar-refractivity contribution in [2.75, 3.05) is 10.6 Å². The molecule has 0 fully saturated rings. The second kappa shape index (κ2) is 6.04. The number of nitrogens with one attached hydrogen (secondary N) is 2. The summed E-state index contributed by atoms with van der Waals surface area (Å²) in [5.74, 6) is -1.63. The number of carboxylic acids is 1. The molecule has 0 saturated heterocycles. The number of rotatable bonds is 3. The monoisotopic (exact) mass is 288 g/mol. The highest BCUT2D eigenvalue weighted by Gasteiger charge is 2.08. The highest BCUT2D eigenvalue weighted by atomic mass is 19.1. The van der Waals surface area contributed by atoms with Crippen molar-refractivity contribution in [3.8, 4) is 0 Å². The molecule has 2 aromatic carbocycles. The van der Waals surface area contributed by atoms with Crippen LogP contribution in [0.25, 0.3) is 0 Å². The van der Waals surface area contributed by atoms with Crippen LogP contribution in [0.4, 0.5) is 20.6 Å². The van der Waals surface area contributed by atoms with Crippen molar-refractivity contribution in [2.45, 2.75) is 6.92 Å². The van der Waals surface area contributed by atoms with Gasteiger partial charge < -0.3 is 15.7 Å². The number of benzene rings is 2. The molecule has 0 saturated carbocycles. The van der Waals surface area contributed by atoms with E-state index in [0.29, 0.717) is 5.69 Å². The maximum atomic E-state index is 13.6. The van der Waals surface area contributed by atoms with Crippen molar-refractivity contribution >= 4 is 23.4 Å². The number of carboxylic acid groups (broad SMARTS) is 1. The lowest BCUT2D eigenvalue weighted by molar-refractivity contribution is 0.0697. The molecule has 21 heavy (non-hydrogen) atoms. The molecule has 2 aromatic rings. The van der Waals surface area contributed by atoms with E-state index in [1.54, 1.807) is 13.0 Å². The van der Waals surface area contributed by atoms with Crippen molar-refractivity contribution in [3.63, 3.8) is 0 Å². The summed E-state index contributed by atoms with van der Waals surface area (Å²) in [6.07, 6.45) is 0. The third kappa shape index (κ3) is 3.79. The maximum absolute atomic E-state index is 13.6. The van der Waals surface area contributed by atoms with Gasteiger partial charge in [0.1, 0.15) is 5.82 Å². The third-order valence-electron chi connectivity index (χ3n) is 2.74. The van der Waals surface area contributed by atoms with Crippen LogP contribution in [0.3, 0.4) is 0 Å². The Bertz CT molecular complexity index is 701. The molecule has 0 aliphatic rings. The molecule has 0 unspecified atom stereocenters. The van der Waals surface area contributed by atoms with Gasteiger partial charge in [-0.1, -0.05) is 12.1 Å². The van der Waals surface area contributed by atoms with Gasteiger partial charge in [0, 0.05) is 5.69 Å². The second-order valence-electron chi connectivity index (χ2n) is 4.45. The Kier molecular flexibility index (Phi) is 4.18. The smallest absolute Gasteiger partial charge is 0.335 e. The SMILES string of the molecule is Cc1ccc(NC(=O)Nc2cccc(C(=O)O)c2)c(F)c1. The maximum Gasteiger partial charge on any atom is 0.335 e. The minimum absolute atomic E-state index is 0.0486. The van der Waals surface area contributed by atoms with Crippen LogP contribution in [0.5, 0.6) is 0 Å². The fraction of sp³-hybridized carbons (Fsp3) is 0.0667. The van der Waals surface area contributed by atoms with Gasteiger partial charge in [-0.2, -0.15) is 0 Å². The van der Waals surface area contributed by atoms with Crippen LogP contribution in [0, 0.1) is 12.7 Å². The number of aryl methyl sites for hydroxylation is 1. The molecule has 5 nitrogen and oxygen atoms in total. The predicted molar refractivity (Wildman–Crippen MR) is 77.2 cm³/mol. The largest absolute Gasteiger partial charge is 0.478 e. The van der Waals surface area contributed by atoms with E-state index in [4.69, 9.17) is 5.11 Å². The van der Waals surface area contributed by atoms with Gasteiger partial charge in [0.25, 0.3) is 0 Å². The molecule has 2 amide bonds. The lowest BCUT2D eigenvalue weighted by Crippen LogP contribution is -2.20. The highest BCUT2D eigenvalue weighted by molar-refractivity contribution is 6.00. The van der Waals surface area contributed by atoms with Crippen molar-refractivity contribution in [1.82, 2.24) is 0 Å². The van der Waals surface area contributed by atoms with Crippen LogP contribution < -0.4 is 10.6 Å². The van der Waals surface area contributed by atoms with Gasteiger partial charge in [0.2, 0.25) is 0 Å². The van der Waals surface area contributed by atoms with Crippen molar-refractivity contribution in [1.29, 1.82) is 0 Å². The van der Waals surface area contributed by atoms with Crippen LogP contribution in [0.15, 0.2) is 42.5 Å². The quantitative estimate of drug-likeness (QED) is 0.809. The molecule has 2 rings (SSSR count). The van der Waals surface area contributed by atoms with E-state index in [-0.39, 0.29) is 11.3 Å². The summed E-state index contributed by atoms with van der Waals surface area (Å²) in [5, 5.41) is 13.7. The van der Waals surface area contributed by atoms with E-state index in [1.165, 1.54) is 36.4 Å². The number of aromatic carboxylic acids is 1. The van der Waals surface area contributed by atoms with E-state index in [9.17, 15) is 14.0 Å². The van der Waals surface area contributed by atoms with Gasteiger partial charge >= 0.3 is 12.0 Å². The van der Waals surface area contributed by atoms with E-state index in [0.717, 1.165) is 5.56 Å². The zero-order valence-electron chi connectivity index (χ0n) is 11.2. The zero-order chi connectivity index (χ0) is 15.4. The van der Waals surface area contributed by atoms with Crippen LogP contribution in [0.1, 0.15) is 15.9 Å². The molecule has 108 valence electrons. The van der Waals surface area contributed by atoms with E-state index >= 15 is 0 Å². The molecule has 0 heterocycles. The molecule has 0 aliphatic carbocycles. The third-order valence-corrected chi connectivity index (χ3v) is 2.74. The van der Waals surface area contributed by atoms with Gasteiger partial charge in [-0.15, -0.1) is 0 Å². The summed E-state index contributed by atoms with van der Waals surface area (Å²) in [4.78, 5) is 22.6. The predicted octanol–water partition coefficient (Wildman–Crippen LogP) is 3.48. The Morgan fingerprint density at radius 2 is 1.86 bits per heavy atom.